The van der Waals surface area contributed by atoms with E-state index in [1.807, 2.05) is 0 Å². The van der Waals surface area contributed by atoms with E-state index in [0.717, 1.165) is 12.3 Å². The lowest BCUT2D eigenvalue weighted by Gasteiger charge is -2.24. The molecule has 2 N–H and O–H groups in total. The first kappa shape index (κ1) is 23.4. The second-order valence-corrected chi connectivity index (χ2v) is 7.05. The Labute approximate surface area is 175 Å². The number of halogens is 2. The smallest absolute Gasteiger partial charge is 0.425 e. The highest BCUT2D eigenvalue weighted by atomic mass is 19.3. The van der Waals surface area contributed by atoms with Crippen LogP contribution in [0.4, 0.5) is 29.9 Å². The molecule has 0 aliphatic carbocycles. The average Bonchev–Trinajstić information content (AvgIpc) is 2.67. The van der Waals surface area contributed by atoms with E-state index >= 15 is 0 Å². The highest BCUT2D eigenvalue weighted by molar-refractivity contribution is 6.09. The van der Waals surface area contributed by atoms with Crippen LogP contribution in [0.3, 0.4) is 0 Å². The van der Waals surface area contributed by atoms with Gasteiger partial charge < -0.3 is 19.9 Å². The molecule has 0 atom stereocenters. The molecule has 2 heterocycles. The van der Waals surface area contributed by atoms with Crippen molar-refractivity contribution in [3.05, 3.63) is 41.9 Å². The molecule has 31 heavy (non-hydrogen) atoms. The number of carbonyl (C=O) groups is 3. The van der Waals surface area contributed by atoms with Crippen molar-refractivity contribution in [3.8, 4) is 5.75 Å². The maximum atomic E-state index is 12.8. The van der Waals surface area contributed by atoms with E-state index in [0.29, 0.717) is 0 Å². The first-order valence-corrected chi connectivity index (χ1v) is 8.79. The molecule has 0 spiro atoms. The molecular formula is C19H20F2N4O6. The minimum Gasteiger partial charge on any atom is -0.493 e. The highest BCUT2D eigenvalue weighted by Gasteiger charge is 2.32. The maximum Gasteiger partial charge on any atom is 0.425 e. The Morgan fingerprint density at radius 3 is 2.45 bits per heavy atom. The van der Waals surface area contributed by atoms with Gasteiger partial charge in [-0.05, 0) is 32.9 Å². The molecule has 2 rings (SSSR count). The van der Waals surface area contributed by atoms with Crippen molar-refractivity contribution in [1.29, 1.82) is 0 Å². The number of carboxylic acid groups (broad SMARTS) is 1. The summed E-state index contributed by atoms with van der Waals surface area (Å²) < 4.78 is 35.7. The van der Waals surface area contributed by atoms with Crippen molar-refractivity contribution in [2.45, 2.75) is 32.8 Å². The monoisotopic (exact) mass is 438 g/mol. The molecule has 2 aromatic rings. The lowest BCUT2D eigenvalue weighted by atomic mass is 10.2. The van der Waals surface area contributed by atoms with E-state index < -0.39 is 35.8 Å². The van der Waals surface area contributed by atoms with Crippen molar-refractivity contribution >= 4 is 29.6 Å². The standard InChI is InChI=1S/C19H20F2N4O6/c1-19(2,3)31-18(29)25(17(27)28)15-13(30-4)8-10(9-22-15)23-16(26)12-7-5-6-11(24-12)14(20)21/h5-9,14H,1-4H3,(H,23,26)(H,27,28). The molecule has 166 valence electrons. The second-order valence-electron chi connectivity index (χ2n) is 7.05. The number of hydrogen-bond acceptors (Lipinski definition) is 7. The van der Waals surface area contributed by atoms with Crippen LogP contribution in [0, 0.1) is 0 Å². The predicted octanol–water partition coefficient (Wildman–Crippen LogP) is 4.09. The van der Waals surface area contributed by atoms with Gasteiger partial charge in [-0.25, -0.2) is 28.3 Å². The summed E-state index contributed by atoms with van der Waals surface area (Å²) in [7, 11) is 1.20. The van der Waals surface area contributed by atoms with E-state index in [2.05, 4.69) is 15.3 Å². The van der Waals surface area contributed by atoms with Crippen molar-refractivity contribution in [1.82, 2.24) is 9.97 Å². The van der Waals surface area contributed by atoms with Gasteiger partial charge in [0.1, 0.15) is 17.0 Å². The fourth-order valence-electron chi connectivity index (χ4n) is 2.28. The van der Waals surface area contributed by atoms with Crippen LogP contribution < -0.4 is 15.0 Å². The third kappa shape index (κ3) is 6.07. The zero-order valence-electron chi connectivity index (χ0n) is 17.1. The van der Waals surface area contributed by atoms with Crippen molar-refractivity contribution in [2.24, 2.45) is 0 Å². The molecule has 10 nitrogen and oxygen atoms in total. The Balaban J connectivity index is 2.31. The van der Waals surface area contributed by atoms with Gasteiger partial charge in [0, 0.05) is 6.07 Å². The molecular weight excluding hydrogens is 418 g/mol. The van der Waals surface area contributed by atoms with Crippen LogP contribution in [0.5, 0.6) is 5.75 Å². The Morgan fingerprint density at radius 1 is 1.23 bits per heavy atom. The molecule has 0 saturated carbocycles. The van der Waals surface area contributed by atoms with Crippen molar-refractivity contribution in [3.63, 3.8) is 0 Å². The largest absolute Gasteiger partial charge is 0.493 e. The predicted molar refractivity (Wildman–Crippen MR) is 105 cm³/mol. The number of pyridine rings is 2. The number of nitrogens with one attached hydrogen (secondary N) is 1. The second kappa shape index (κ2) is 9.32. The number of carbonyl (C=O) groups excluding carboxylic acids is 2. The first-order chi connectivity index (χ1) is 14.4. The molecule has 3 amide bonds. The van der Waals surface area contributed by atoms with E-state index in [9.17, 15) is 28.3 Å². The Morgan fingerprint density at radius 2 is 1.90 bits per heavy atom. The number of methoxy groups -OCH3 is 1. The number of rotatable bonds is 5. The molecule has 0 aromatic carbocycles. The fraction of sp³-hybridized carbons (Fsp3) is 0.316. The third-order valence-electron chi connectivity index (χ3n) is 3.52. The van der Waals surface area contributed by atoms with E-state index in [-0.39, 0.29) is 27.8 Å². The van der Waals surface area contributed by atoms with Crippen LogP contribution in [-0.2, 0) is 4.74 Å². The third-order valence-corrected chi connectivity index (χ3v) is 3.52. The van der Waals surface area contributed by atoms with E-state index in [1.54, 1.807) is 20.8 Å². The number of imide groups is 1. The molecule has 0 radical (unpaired) electrons. The van der Waals surface area contributed by atoms with Crippen LogP contribution in [-0.4, -0.2) is 45.9 Å². The van der Waals surface area contributed by atoms with Gasteiger partial charge in [0.2, 0.25) is 0 Å². The van der Waals surface area contributed by atoms with Crippen molar-refractivity contribution < 1.29 is 37.7 Å². The number of hydrogen-bond donors (Lipinski definition) is 2. The lowest BCUT2D eigenvalue weighted by Crippen LogP contribution is -2.40. The Hall–Kier alpha value is -3.83. The van der Waals surface area contributed by atoms with Gasteiger partial charge in [-0.2, -0.15) is 4.90 Å². The molecule has 0 aliphatic heterocycles. The number of anilines is 2. The van der Waals surface area contributed by atoms with E-state index in [4.69, 9.17) is 9.47 Å². The topological polar surface area (TPSA) is 131 Å². The van der Waals surface area contributed by atoms with Gasteiger partial charge in [-0.1, -0.05) is 6.07 Å². The number of amides is 3. The van der Waals surface area contributed by atoms with Crippen LogP contribution in [0.15, 0.2) is 30.5 Å². The highest BCUT2D eigenvalue weighted by Crippen LogP contribution is 2.30. The van der Waals surface area contributed by atoms with Crippen LogP contribution in [0.2, 0.25) is 0 Å². The fourth-order valence-corrected chi connectivity index (χ4v) is 2.28. The van der Waals surface area contributed by atoms with Gasteiger partial charge >= 0.3 is 12.2 Å². The van der Waals surface area contributed by atoms with Crippen molar-refractivity contribution in [2.75, 3.05) is 17.3 Å². The number of aromatic nitrogens is 2. The maximum absolute atomic E-state index is 12.8. The van der Waals surface area contributed by atoms with Gasteiger partial charge in [-0.15, -0.1) is 0 Å². The van der Waals surface area contributed by atoms with Gasteiger partial charge in [0.15, 0.2) is 11.6 Å². The summed E-state index contributed by atoms with van der Waals surface area (Å²) in [6, 6.07) is 4.79. The summed E-state index contributed by atoms with van der Waals surface area (Å²) in [5.74, 6) is -1.36. The minimum atomic E-state index is -2.84. The molecule has 0 saturated heterocycles. The van der Waals surface area contributed by atoms with Gasteiger partial charge in [-0.3, -0.25) is 4.79 Å². The molecule has 0 aliphatic rings. The minimum absolute atomic E-state index is 0.0457. The Kier molecular flexibility index (Phi) is 7.05. The molecule has 2 aromatic heterocycles. The van der Waals surface area contributed by atoms with Crippen LogP contribution in [0.1, 0.15) is 43.4 Å². The number of alkyl halides is 2. The summed E-state index contributed by atoms with van der Waals surface area (Å²) in [6.45, 7) is 4.68. The molecule has 12 heteroatoms. The van der Waals surface area contributed by atoms with Gasteiger partial charge in [0.25, 0.3) is 12.3 Å². The summed E-state index contributed by atoms with van der Waals surface area (Å²) in [6.07, 6.45) is -4.64. The van der Waals surface area contributed by atoms with Crippen LogP contribution in [0.25, 0.3) is 0 Å². The van der Waals surface area contributed by atoms with E-state index in [1.165, 1.54) is 25.3 Å². The average molecular weight is 438 g/mol. The first-order valence-electron chi connectivity index (χ1n) is 8.79. The molecule has 0 unspecified atom stereocenters. The zero-order chi connectivity index (χ0) is 23.3. The summed E-state index contributed by atoms with van der Waals surface area (Å²) in [5.41, 5.74) is -1.74. The summed E-state index contributed by atoms with van der Waals surface area (Å²) >= 11 is 0. The number of nitrogens with zero attached hydrogens (tertiary/aromatic N) is 3. The summed E-state index contributed by atoms with van der Waals surface area (Å²) in [5, 5.41) is 11.8. The lowest BCUT2D eigenvalue weighted by molar-refractivity contribution is 0.0579. The summed E-state index contributed by atoms with van der Waals surface area (Å²) in [4.78, 5) is 43.9. The SMILES string of the molecule is COc1cc(NC(=O)c2cccc(C(F)F)n2)cnc1N(C(=O)O)C(=O)OC(C)(C)C. The van der Waals surface area contributed by atoms with Gasteiger partial charge in [0.05, 0.1) is 19.0 Å². The quantitative estimate of drug-likeness (QED) is 0.714. The molecule has 0 fully saturated rings. The van der Waals surface area contributed by atoms with Crippen LogP contribution >= 0.6 is 0 Å². The molecule has 0 bridgehead atoms. The zero-order valence-corrected chi connectivity index (χ0v) is 17.1. The number of ether oxygens (including phenoxy) is 2. The Bertz CT molecular complexity index is 994. The normalized spacial score (nSPS) is 11.1.